The Balaban J connectivity index is 1.89. The van der Waals surface area contributed by atoms with Crippen molar-refractivity contribution in [2.45, 2.75) is 37.7 Å². The zero-order chi connectivity index (χ0) is 13.1. The molecule has 0 saturated carbocycles. The van der Waals surface area contributed by atoms with Crippen LogP contribution in [0.4, 0.5) is 0 Å². The molecule has 18 heavy (non-hydrogen) atoms. The molecular weight excluding hydrogens is 256 g/mol. The van der Waals surface area contributed by atoms with Crippen molar-refractivity contribution in [3.63, 3.8) is 0 Å². The van der Waals surface area contributed by atoms with E-state index in [0.29, 0.717) is 26.1 Å². The van der Waals surface area contributed by atoms with E-state index in [4.69, 9.17) is 4.74 Å². The summed E-state index contributed by atoms with van der Waals surface area (Å²) in [5.74, 6) is 0. The van der Waals surface area contributed by atoms with Gasteiger partial charge in [0.2, 0.25) is 0 Å². The second-order valence-corrected chi connectivity index (χ2v) is 6.92. The van der Waals surface area contributed by atoms with Crippen LogP contribution in [-0.2, 0) is 14.9 Å². The van der Waals surface area contributed by atoms with Crippen LogP contribution in [0.1, 0.15) is 32.1 Å². The first kappa shape index (κ1) is 14.2. The Hall–Kier alpha value is -0.210. The molecule has 0 amide bonds. The van der Waals surface area contributed by atoms with Gasteiger partial charge in [-0.15, -0.1) is 0 Å². The van der Waals surface area contributed by atoms with Gasteiger partial charge in [0.25, 0.3) is 10.2 Å². The average molecular weight is 278 g/mol. The largest absolute Gasteiger partial charge is 0.386 e. The third kappa shape index (κ3) is 3.64. The number of nitrogens with zero attached hydrogens (tertiary/aromatic N) is 1. The van der Waals surface area contributed by atoms with Crippen molar-refractivity contribution in [2.75, 3.05) is 32.8 Å². The monoisotopic (exact) mass is 278 g/mol. The Morgan fingerprint density at radius 3 is 2.44 bits per heavy atom. The number of aliphatic hydroxyl groups is 1. The van der Waals surface area contributed by atoms with Gasteiger partial charge in [0.1, 0.15) is 5.60 Å². The molecule has 2 heterocycles. The number of hydrogen-bond acceptors (Lipinski definition) is 4. The smallest absolute Gasteiger partial charge is 0.279 e. The van der Waals surface area contributed by atoms with E-state index < -0.39 is 15.8 Å². The van der Waals surface area contributed by atoms with E-state index in [1.54, 1.807) is 0 Å². The zero-order valence-electron chi connectivity index (χ0n) is 10.6. The lowest BCUT2D eigenvalue weighted by atomic mass is 10.1. The van der Waals surface area contributed by atoms with E-state index in [1.165, 1.54) is 4.31 Å². The van der Waals surface area contributed by atoms with Crippen molar-refractivity contribution >= 4 is 10.2 Å². The number of ether oxygens (including phenoxy) is 1. The van der Waals surface area contributed by atoms with Crippen LogP contribution in [0, 0.1) is 0 Å². The van der Waals surface area contributed by atoms with E-state index in [9.17, 15) is 13.5 Å². The van der Waals surface area contributed by atoms with Gasteiger partial charge in [-0.2, -0.15) is 17.4 Å². The third-order valence-corrected chi connectivity index (χ3v) is 5.13. The van der Waals surface area contributed by atoms with Crippen molar-refractivity contribution in [1.29, 1.82) is 0 Å². The molecule has 106 valence electrons. The summed E-state index contributed by atoms with van der Waals surface area (Å²) in [6, 6.07) is 0. The maximum Gasteiger partial charge on any atom is 0.279 e. The second-order valence-electron chi connectivity index (χ2n) is 5.17. The predicted molar refractivity (Wildman–Crippen MR) is 67.3 cm³/mol. The molecule has 2 saturated heterocycles. The van der Waals surface area contributed by atoms with Crippen LogP contribution in [0.25, 0.3) is 0 Å². The lowest BCUT2D eigenvalue weighted by molar-refractivity contribution is 0.0311. The first-order chi connectivity index (χ1) is 8.52. The van der Waals surface area contributed by atoms with Crippen LogP contribution >= 0.6 is 0 Å². The molecule has 2 N–H and O–H groups in total. The molecule has 2 aliphatic rings. The highest BCUT2D eigenvalue weighted by atomic mass is 32.2. The molecule has 2 aliphatic heterocycles. The van der Waals surface area contributed by atoms with Gasteiger partial charge in [0.15, 0.2) is 0 Å². The molecule has 1 atom stereocenters. The van der Waals surface area contributed by atoms with E-state index in [2.05, 4.69) is 4.72 Å². The van der Waals surface area contributed by atoms with E-state index in [-0.39, 0.29) is 13.2 Å². The summed E-state index contributed by atoms with van der Waals surface area (Å²) in [7, 11) is -3.46. The summed E-state index contributed by atoms with van der Waals surface area (Å²) in [4.78, 5) is 0. The molecule has 0 radical (unpaired) electrons. The number of nitrogens with one attached hydrogen (secondary N) is 1. The molecule has 0 spiro atoms. The summed E-state index contributed by atoms with van der Waals surface area (Å²) in [6.07, 6.45) is 4.48. The fourth-order valence-electron chi connectivity index (χ4n) is 2.33. The van der Waals surface area contributed by atoms with E-state index in [0.717, 1.165) is 25.7 Å². The zero-order valence-corrected chi connectivity index (χ0v) is 11.4. The van der Waals surface area contributed by atoms with Crippen LogP contribution in [0.3, 0.4) is 0 Å². The maximum atomic E-state index is 12.1. The normalized spacial score (nSPS) is 31.4. The summed E-state index contributed by atoms with van der Waals surface area (Å²) < 4.78 is 33.3. The molecule has 0 aromatic rings. The van der Waals surface area contributed by atoms with Crippen molar-refractivity contribution in [1.82, 2.24) is 9.03 Å². The lowest BCUT2D eigenvalue weighted by Gasteiger charge is -2.25. The Morgan fingerprint density at radius 1 is 1.22 bits per heavy atom. The minimum absolute atomic E-state index is 0.0336. The van der Waals surface area contributed by atoms with Gasteiger partial charge in [-0.05, 0) is 12.8 Å². The fourth-order valence-corrected chi connectivity index (χ4v) is 3.71. The molecule has 0 aromatic heterocycles. The van der Waals surface area contributed by atoms with Gasteiger partial charge in [0.05, 0.1) is 6.61 Å². The van der Waals surface area contributed by atoms with Gasteiger partial charge < -0.3 is 9.84 Å². The Bertz CT molecular complexity index is 357. The topological polar surface area (TPSA) is 78.9 Å². The lowest BCUT2D eigenvalue weighted by Crippen LogP contribution is -2.48. The second kappa shape index (κ2) is 5.83. The van der Waals surface area contributed by atoms with E-state index in [1.807, 2.05) is 0 Å². The Kier molecular flexibility index (Phi) is 4.60. The van der Waals surface area contributed by atoms with Crippen molar-refractivity contribution in [3.8, 4) is 0 Å². The Morgan fingerprint density at radius 2 is 1.89 bits per heavy atom. The highest BCUT2D eigenvalue weighted by Crippen LogP contribution is 2.18. The van der Waals surface area contributed by atoms with Gasteiger partial charge in [-0.3, -0.25) is 0 Å². The van der Waals surface area contributed by atoms with Crippen molar-refractivity contribution < 1.29 is 18.3 Å². The van der Waals surface area contributed by atoms with Gasteiger partial charge in [-0.25, -0.2) is 0 Å². The minimum atomic E-state index is -3.46. The van der Waals surface area contributed by atoms with Crippen molar-refractivity contribution in [2.24, 2.45) is 0 Å². The average Bonchev–Trinajstić information content (AvgIpc) is 2.61. The SMILES string of the molecule is O=S(=O)(NCC1(O)CCOC1)N1CCCCCC1. The molecule has 0 bridgehead atoms. The molecule has 0 aromatic carbocycles. The standard InChI is InChI=1S/C11H22N2O4S/c14-11(5-8-17-10-11)9-12-18(15,16)13-6-3-1-2-4-7-13/h12,14H,1-10H2. The molecule has 2 fully saturated rings. The molecule has 6 nitrogen and oxygen atoms in total. The van der Waals surface area contributed by atoms with Crippen LogP contribution in [0.2, 0.25) is 0 Å². The maximum absolute atomic E-state index is 12.1. The molecule has 7 heteroatoms. The summed E-state index contributed by atoms with van der Waals surface area (Å²) in [5.41, 5.74) is -1.04. The number of hydrogen-bond donors (Lipinski definition) is 2. The predicted octanol–water partition coefficient (Wildman–Crippen LogP) is -0.152. The summed E-state index contributed by atoms with van der Waals surface area (Å²) >= 11 is 0. The van der Waals surface area contributed by atoms with Gasteiger partial charge >= 0.3 is 0 Å². The van der Waals surface area contributed by atoms with E-state index >= 15 is 0 Å². The van der Waals surface area contributed by atoms with Gasteiger partial charge in [0, 0.05) is 32.7 Å². The number of rotatable bonds is 4. The minimum Gasteiger partial charge on any atom is -0.386 e. The van der Waals surface area contributed by atoms with Crippen molar-refractivity contribution in [3.05, 3.63) is 0 Å². The molecular formula is C11H22N2O4S. The molecule has 1 unspecified atom stereocenters. The molecule has 0 aliphatic carbocycles. The first-order valence-electron chi connectivity index (χ1n) is 6.57. The highest BCUT2D eigenvalue weighted by Gasteiger charge is 2.34. The van der Waals surface area contributed by atoms with Crippen LogP contribution in [-0.4, -0.2) is 56.3 Å². The third-order valence-electron chi connectivity index (χ3n) is 3.57. The Labute approximate surface area is 108 Å². The van der Waals surface area contributed by atoms with Crippen LogP contribution in [0.15, 0.2) is 0 Å². The summed E-state index contributed by atoms with van der Waals surface area (Å²) in [5, 5.41) is 10.0. The fraction of sp³-hybridized carbons (Fsp3) is 1.00. The summed E-state index contributed by atoms with van der Waals surface area (Å²) in [6.45, 7) is 1.87. The first-order valence-corrected chi connectivity index (χ1v) is 8.01. The van der Waals surface area contributed by atoms with Gasteiger partial charge in [-0.1, -0.05) is 12.8 Å². The quantitative estimate of drug-likeness (QED) is 0.749. The molecule has 2 rings (SSSR count). The van der Waals surface area contributed by atoms with Crippen LogP contribution < -0.4 is 4.72 Å². The van der Waals surface area contributed by atoms with Crippen LogP contribution in [0.5, 0.6) is 0 Å². The highest BCUT2D eigenvalue weighted by molar-refractivity contribution is 7.87.